The molecule has 0 fully saturated rings. The number of methoxy groups -OCH3 is 1. The van der Waals surface area contributed by atoms with Gasteiger partial charge in [0, 0.05) is 30.1 Å². The Labute approximate surface area is 175 Å². The lowest BCUT2D eigenvalue weighted by atomic mass is 10.1. The standard InChI is InChI=1S/C23H20N2O4S/c1-29-15-16-30(27,28)22-12-9-19(10-13-22)23(26)25-21-7-4-5-18(17-21)8-11-20-6-2-3-14-24-20/h2-7,9-10,12-14,17H,15-16H2,1H3,(H,25,26). The fourth-order valence-electron chi connectivity index (χ4n) is 2.58. The third-order valence-electron chi connectivity index (χ3n) is 4.15. The average molecular weight is 420 g/mol. The molecule has 0 bridgehead atoms. The summed E-state index contributed by atoms with van der Waals surface area (Å²) < 4.78 is 29.2. The molecule has 2 aromatic carbocycles. The van der Waals surface area contributed by atoms with Gasteiger partial charge in [0.15, 0.2) is 9.84 Å². The zero-order valence-electron chi connectivity index (χ0n) is 16.3. The molecular weight excluding hydrogens is 400 g/mol. The van der Waals surface area contributed by atoms with Crippen molar-refractivity contribution in [2.75, 3.05) is 24.8 Å². The molecule has 0 unspecified atom stereocenters. The van der Waals surface area contributed by atoms with E-state index in [-0.39, 0.29) is 23.2 Å². The maximum absolute atomic E-state index is 12.5. The van der Waals surface area contributed by atoms with Crippen molar-refractivity contribution in [2.45, 2.75) is 4.90 Å². The number of sulfone groups is 1. The number of carbonyl (C=O) groups is 1. The third kappa shape index (κ3) is 5.77. The predicted molar refractivity (Wildman–Crippen MR) is 115 cm³/mol. The first kappa shape index (κ1) is 21.2. The average Bonchev–Trinajstić information content (AvgIpc) is 2.77. The molecule has 0 aliphatic rings. The van der Waals surface area contributed by atoms with Crippen LogP contribution in [0.25, 0.3) is 0 Å². The van der Waals surface area contributed by atoms with E-state index in [9.17, 15) is 13.2 Å². The number of ether oxygens (including phenoxy) is 1. The van der Waals surface area contributed by atoms with Crippen LogP contribution in [0.15, 0.2) is 77.8 Å². The van der Waals surface area contributed by atoms with Crippen LogP contribution in [0.4, 0.5) is 5.69 Å². The number of nitrogens with zero attached hydrogens (tertiary/aromatic N) is 1. The summed E-state index contributed by atoms with van der Waals surface area (Å²) in [4.78, 5) is 16.8. The Hall–Kier alpha value is -3.47. The first-order valence-corrected chi connectivity index (χ1v) is 10.8. The molecule has 0 saturated carbocycles. The number of hydrogen-bond donors (Lipinski definition) is 1. The van der Waals surface area contributed by atoms with Crippen LogP contribution < -0.4 is 5.32 Å². The van der Waals surface area contributed by atoms with Gasteiger partial charge in [-0.2, -0.15) is 0 Å². The maximum Gasteiger partial charge on any atom is 0.255 e. The number of benzene rings is 2. The Morgan fingerprint density at radius 3 is 2.53 bits per heavy atom. The molecule has 1 amide bonds. The van der Waals surface area contributed by atoms with E-state index in [0.717, 1.165) is 5.56 Å². The molecule has 0 aliphatic carbocycles. The summed E-state index contributed by atoms with van der Waals surface area (Å²) in [6.07, 6.45) is 1.68. The van der Waals surface area contributed by atoms with Crippen LogP contribution in [0.5, 0.6) is 0 Å². The van der Waals surface area contributed by atoms with Crippen LogP contribution in [0, 0.1) is 11.8 Å². The van der Waals surface area contributed by atoms with E-state index in [0.29, 0.717) is 16.9 Å². The smallest absolute Gasteiger partial charge is 0.255 e. The van der Waals surface area contributed by atoms with Crippen molar-refractivity contribution in [2.24, 2.45) is 0 Å². The van der Waals surface area contributed by atoms with Gasteiger partial charge in [-0.3, -0.25) is 4.79 Å². The van der Waals surface area contributed by atoms with E-state index in [1.807, 2.05) is 24.3 Å². The number of pyridine rings is 1. The van der Waals surface area contributed by atoms with Crippen molar-refractivity contribution < 1.29 is 17.9 Å². The summed E-state index contributed by atoms with van der Waals surface area (Å²) in [5.41, 5.74) is 2.33. The number of amides is 1. The second-order valence-electron chi connectivity index (χ2n) is 6.34. The Kier molecular flexibility index (Phi) is 6.96. The van der Waals surface area contributed by atoms with Crippen molar-refractivity contribution >= 4 is 21.4 Å². The minimum absolute atomic E-state index is 0.110. The SMILES string of the molecule is COCCS(=O)(=O)c1ccc(C(=O)Nc2cccc(C#Cc3ccccn3)c2)cc1. The molecule has 0 saturated heterocycles. The highest BCUT2D eigenvalue weighted by molar-refractivity contribution is 7.91. The second-order valence-corrected chi connectivity index (χ2v) is 8.45. The molecule has 6 nitrogen and oxygen atoms in total. The first-order valence-electron chi connectivity index (χ1n) is 9.14. The summed E-state index contributed by atoms with van der Waals surface area (Å²) in [7, 11) is -1.99. The summed E-state index contributed by atoms with van der Waals surface area (Å²) in [5, 5.41) is 2.80. The van der Waals surface area contributed by atoms with Crippen molar-refractivity contribution in [3.05, 3.63) is 89.7 Å². The van der Waals surface area contributed by atoms with Gasteiger partial charge in [0.1, 0.15) is 5.69 Å². The van der Waals surface area contributed by atoms with Gasteiger partial charge in [0.25, 0.3) is 5.91 Å². The predicted octanol–water partition coefficient (Wildman–Crippen LogP) is 3.15. The largest absolute Gasteiger partial charge is 0.384 e. The van der Waals surface area contributed by atoms with E-state index in [2.05, 4.69) is 22.1 Å². The zero-order valence-corrected chi connectivity index (χ0v) is 17.1. The van der Waals surface area contributed by atoms with Gasteiger partial charge in [-0.1, -0.05) is 18.1 Å². The van der Waals surface area contributed by atoms with Gasteiger partial charge in [-0.05, 0) is 60.5 Å². The lowest BCUT2D eigenvalue weighted by Crippen LogP contribution is -2.14. The fraction of sp³-hybridized carbons (Fsp3) is 0.130. The molecule has 0 spiro atoms. The first-order chi connectivity index (χ1) is 14.5. The molecule has 3 aromatic rings. The van der Waals surface area contributed by atoms with Crippen molar-refractivity contribution in [1.29, 1.82) is 0 Å². The third-order valence-corrected chi connectivity index (χ3v) is 5.85. The minimum atomic E-state index is -3.44. The van der Waals surface area contributed by atoms with Crippen LogP contribution in [-0.4, -0.2) is 38.8 Å². The quantitative estimate of drug-likeness (QED) is 0.619. The molecule has 1 aromatic heterocycles. The van der Waals surface area contributed by atoms with E-state index in [1.165, 1.54) is 31.4 Å². The van der Waals surface area contributed by atoms with E-state index < -0.39 is 9.84 Å². The number of carbonyl (C=O) groups excluding carboxylic acids is 1. The molecule has 152 valence electrons. The lowest BCUT2D eigenvalue weighted by Gasteiger charge is -2.07. The molecule has 7 heteroatoms. The number of aromatic nitrogens is 1. The highest BCUT2D eigenvalue weighted by Gasteiger charge is 2.15. The van der Waals surface area contributed by atoms with E-state index in [1.54, 1.807) is 24.4 Å². The number of nitrogens with one attached hydrogen (secondary N) is 1. The molecule has 3 rings (SSSR count). The summed E-state index contributed by atoms with van der Waals surface area (Å²) in [6, 6.07) is 18.5. The van der Waals surface area contributed by atoms with Crippen molar-refractivity contribution in [3.63, 3.8) is 0 Å². The van der Waals surface area contributed by atoms with Gasteiger partial charge in [0.05, 0.1) is 17.3 Å². The molecular formula is C23H20N2O4S. The number of anilines is 1. The molecule has 0 radical (unpaired) electrons. The molecule has 30 heavy (non-hydrogen) atoms. The molecule has 0 aliphatic heterocycles. The van der Waals surface area contributed by atoms with Gasteiger partial charge in [-0.25, -0.2) is 13.4 Å². The highest BCUT2D eigenvalue weighted by Crippen LogP contribution is 2.15. The summed E-state index contributed by atoms with van der Waals surface area (Å²) >= 11 is 0. The zero-order chi connectivity index (χ0) is 21.4. The van der Waals surface area contributed by atoms with Gasteiger partial charge >= 0.3 is 0 Å². The molecule has 1 heterocycles. The van der Waals surface area contributed by atoms with E-state index >= 15 is 0 Å². The number of rotatable bonds is 6. The second kappa shape index (κ2) is 9.83. The summed E-state index contributed by atoms with van der Waals surface area (Å²) in [5.74, 6) is 5.53. The Balaban J connectivity index is 1.70. The number of hydrogen-bond acceptors (Lipinski definition) is 5. The normalized spacial score (nSPS) is 10.7. The van der Waals surface area contributed by atoms with Crippen LogP contribution in [0.1, 0.15) is 21.6 Å². The maximum atomic E-state index is 12.5. The minimum Gasteiger partial charge on any atom is -0.384 e. The van der Waals surface area contributed by atoms with E-state index in [4.69, 9.17) is 4.74 Å². The Morgan fingerprint density at radius 1 is 1.03 bits per heavy atom. The Bertz CT molecular complexity index is 1180. The van der Waals surface area contributed by atoms with Crippen LogP contribution in [-0.2, 0) is 14.6 Å². The van der Waals surface area contributed by atoms with Gasteiger partial charge in [-0.15, -0.1) is 0 Å². The molecule has 1 N–H and O–H groups in total. The lowest BCUT2D eigenvalue weighted by molar-refractivity contribution is 0.102. The van der Waals surface area contributed by atoms with Crippen molar-refractivity contribution in [3.8, 4) is 11.8 Å². The Morgan fingerprint density at radius 2 is 1.83 bits per heavy atom. The van der Waals surface area contributed by atoms with Crippen molar-refractivity contribution in [1.82, 2.24) is 4.98 Å². The van der Waals surface area contributed by atoms with Crippen LogP contribution in [0.3, 0.4) is 0 Å². The monoisotopic (exact) mass is 420 g/mol. The topological polar surface area (TPSA) is 85.4 Å². The fourth-order valence-corrected chi connectivity index (χ4v) is 3.75. The van der Waals surface area contributed by atoms with Crippen LogP contribution in [0.2, 0.25) is 0 Å². The highest BCUT2D eigenvalue weighted by atomic mass is 32.2. The van der Waals surface area contributed by atoms with Crippen LogP contribution >= 0.6 is 0 Å². The summed E-state index contributed by atoms with van der Waals surface area (Å²) in [6.45, 7) is 0.115. The van der Waals surface area contributed by atoms with Gasteiger partial charge < -0.3 is 10.1 Å². The van der Waals surface area contributed by atoms with Gasteiger partial charge in [0.2, 0.25) is 0 Å². The molecule has 0 atom stereocenters.